The standard InChI is InChI=1S/C10H19N3/c1-4-6-9-12-8(3)10(11)13(9)7-5-2/h4-7,11H2,1-3H3. The van der Waals surface area contributed by atoms with Crippen molar-refractivity contribution >= 4 is 5.82 Å². The molecule has 0 aromatic carbocycles. The predicted octanol–water partition coefficient (Wildman–Crippen LogP) is 2.14. The monoisotopic (exact) mass is 181 g/mol. The van der Waals surface area contributed by atoms with Crippen LogP contribution in [0.25, 0.3) is 0 Å². The Morgan fingerprint density at radius 2 is 2.00 bits per heavy atom. The second-order valence-electron chi connectivity index (χ2n) is 3.40. The third-order valence-electron chi connectivity index (χ3n) is 2.19. The number of nitrogens with zero attached hydrogens (tertiary/aromatic N) is 2. The molecule has 0 aliphatic heterocycles. The Balaban J connectivity index is 2.96. The molecule has 13 heavy (non-hydrogen) atoms. The van der Waals surface area contributed by atoms with Gasteiger partial charge in [-0.15, -0.1) is 0 Å². The van der Waals surface area contributed by atoms with E-state index >= 15 is 0 Å². The van der Waals surface area contributed by atoms with E-state index in [-0.39, 0.29) is 0 Å². The zero-order valence-electron chi connectivity index (χ0n) is 8.80. The third-order valence-corrected chi connectivity index (χ3v) is 2.19. The normalized spacial score (nSPS) is 10.7. The highest BCUT2D eigenvalue weighted by atomic mass is 15.1. The fraction of sp³-hybridized carbons (Fsp3) is 0.700. The Morgan fingerprint density at radius 3 is 2.54 bits per heavy atom. The second-order valence-corrected chi connectivity index (χ2v) is 3.40. The Labute approximate surface area is 80.0 Å². The number of hydrogen-bond donors (Lipinski definition) is 1. The van der Waals surface area contributed by atoms with Crippen LogP contribution >= 0.6 is 0 Å². The van der Waals surface area contributed by atoms with Gasteiger partial charge in [0.25, 0.3) is 0 Å². The molecule has 1 heterocycles. The van der Waals surface area contributed by atoms with Crippen LogP contribution in [0.2, 0.25) is 0 Å². The fourth-order valence-corrected chi connectivity index (χ4v) is 1.53. The van der Waals surface area contributed by atoms with Gasteiger partial charge in [-0.05, 0) is 19.8 Å². The first kappa shape index (κ1) is 10.1. The highest BCUT2D eigenvalue weighted by molar-refractivity contribution is 5.37. The number of nitrogens with two attached hydrogens (primary N) is 1. The molecule has 0 spiro atoms. The molecule has 0 saturated carbocycles. The highest BCUT2D eigenvalue weighted by Crippen LogP contribution is 2.15. The maximum atomic E-state index is 5.92. The summed E-state index contributed by atoms with van der Waals surface area (Å²) >= 11 is 0. The summed E-state index contributed by atoms with van der Waals surface area (Å²) in [7, 11) is 0. The quantitative estimate of drug-likeness (QED) is 0.773. The van der Waals surface area contributed by atoms with Crippen LogP contribution in [0.1, 0.15) is 38.2 Å². The second kappa shape index (κ2) is 4.30. The van der Waals surface area contributed by atoms with Crippen LogP contribution in [0.15, 0.2) is 0 Å². The van der Waals surface area contributed by atoms with Crippen molar-refractivity contribution in [2.75, 3.05) is 5.73 Å². The number of aryl methyl sites for hydroxylation is 2. The fourth-order valence-electron chi connectivity index (χ4n) is 1.53. The summed E-state index contributed by atoms with van der Waals surface area (Å²) in [6, 6.07) is 0. The maximum Gasteiger partial charge on any atom is 0.126 e. The third kappa shape index (κ3) is 2.02. The first-order chi connectivity index (χ1) is 6.20. The molecule has 3 nitrogen and oxygen atoms in total. The molecule has 1 aromatic rings. The van der Waals surface area contributed by atoms with Gasteiger partial charge >= 0.3 is 0 Å². The van der Waals surface area contributed by atoms with E-state index in [0.29, 0.717) is 0 Å². The first-order valence-electron chi connectivity index (χ1n) is 5.02. The summed E-state index contributed by atoms with van der Waals surface area (Å²) in [5, 5.41) is 0. The molecule has 3 heteroatoms. The Kier molecular flexibility index (Phi) is 3.34. The van der Waals surface area contributed by atoms with E-state index in [2.05, 4.69) is 23.4 Å². The average Bonchev–Trinajstić information content (AvgIpc) is 2.34. The van der Waals surface area contributed by atoms with Crippen LogP contribution < -0.4 is 5.73 Å². The number of anilines is 1. The molecule has 0 amide bonds. The van der Waals surface area contributed by atoms with Gasteiger partial charge in [0.15, 0.2) is 0 Å². The molecule has 0 fully saturated rings. The molecular formula is C10H19N3. The minimum absolute atomic E-state index is 0.838. The van der Waals surface area contributed by atoms with E-state index in [4.69, 9.17) is 5.73 Å². The lowest BCUT2D eigenvalue weighted by Gasteiger charge is -2.06. The molecule has 74 valence electrons. The summed E-state index contributed by atoms with van der Waals surface area (Å²) in [6.07, 6.45) is 3.26. The molecule has 0 aliphatic carbocycles. The van der Waals surface area contributed by atoms with Crippen molar-refractivity contribution in [2.24, 2.45) is 0 Å². The van der Waals surface area contributed by atoms with Crippen LogP contribution in [-0.2, 0) is 13.0 Å². The van der Waals surface area contributed by atoms with Crippen molar-refractivity contribution in [2.45, 2.75) is 46.6 Å². The molecule has 0 atom stereocenters. The molecule has 0 saturated heterocycles. The lowest BCUT2D eigenvalue weighted by atomic mass is 10.3. The van der Waals surface area contributed by atoms with Gasteiger partial charge in [-0.3, -0.25) is 0 Å². The van der Waals surface area contributed by atoms with Crippen LogP contribution in [0.5, 0.6) is 0 Å². The molecule has 1 aromatic heterocycles. The van der Waals surface area contributed by atoms with E-state index in [1.54, 1.807) is 0 Å². The van der Waals surface area contributed by atoms with Gasteiger partial charge in [0.1, 0.15) is 11.6 Å². The van der Waals surface area contributed by atoms with Gasteiger partial charge in [-0.2, -0.15) is 0 Å². The van der Waals surface area contributed by atoms with Crippen molar-refractivity contribution in [1.29, 1.82) is 0 Å². The van der Waals surface area contributed by atoms with E-state index in [1.165, 1.54) is 0 Å². The van der Waals surface area contributed by atoms with Crippen LogP contribution in [-0.4, -0.2) is 9.55 Å². The van der Waals surface area contributed by atoms with Crippen molar-refractivity contribution in [1.82, 2.24) is 9.55 Å². The molecule has 0 bridgehead atoms. The lowest BCUT2D eigenvalue weighted by molar-refractivity contribution is 0.637. The lowest BCUT2D eigenvalue weighted by Crippen LogP contribution is -2.06. The molecule has 0 aliphatic rings. The van der Waals surface area contributed by atoms with Gasteiger partial charge in [-0.1, -0.05) is 13.8 Å². The van der Waals surface area contributed by atoms with Crippen molar-refractivity contribution < 1.29 is 0 Å². The zero-order chi connectivity index (χ0) is 9.84. The molecular weight excluding hydrogens is 162 g/mol. The summed E-state index contributed by atoms with van der Waals surface area (Å²) in [5.74, 6) is 1.98. The number of imidazole rings is 1. The van der Waals surface area contributed by atoms with Crippen LogP contribution in [0.3, 0.4) is 0 Å². The highest BCUT2D eigenvalue weighted by Gasteiger charge is 2.09. The number of aromatic nitrogens is 2. The molecule has 0 unspecified atom stereocenters. The van der Waals surface area contributed by atoms with E-state index in [0.717, 1.165) is 43.1 Å². The summed E-state index contributed by atoms with van der Waals surface area (Å²) in [4.78, 5) is 4.46. The average molecular weight is 181 g/mol. The van der Waals surface area contributed by atoms with E-state index in [9.17, 15) is 0 Å². The van der Waals surface area contributed by atoms with E-state index < -0.39 is 0 Å². The van der Waals surface area contributed by atoms with E-state index in [1.807, 2.05) is 6.92 Å². The number of nitrogen functional groups attached to an aromatic ring is 1. The van der Waals surface area contributed by atoms with Gasteiger partial charge in [-0.25, -0.2) is 4.98 Å². The SMILES string of the molecule is CCCc1nc(C)c(N)n1CCC. The first-order valence-corrected chi connectivity index (χ1v) is 5.02. The largest absolute Gasteiger partial charge is 0.384 e. The summed E-state index contributed by atoms with van der Waals surface area (Å²) < 4.78 is 2.14. The summed E-state index contributed by atoms with van der Waals surface area (Å²) in [5.41, 5.74) is 6.89. The smallest absolute Gasteiger partial charge is 0.126 e. The van der Waals surface area contributed by atoms with Crippen molar-refractivity contribution in [3.63, 3.8) is 0 Å². The number of rotatable bonds is 4. The topological polar surface area (TPSA) is 43.8 Å². The minimum atomic E-state index is 0.838. The Morgan fingerprint density at radius 1 is 1.31 bits per heavy atom. The minimum Gasteiger partial charge on any atom is -0.384 e. The van der Waals surface area contributed by atoms with Crippen molar-refractivity contribution in [3.8, 4) is 0 Å². The maximum absolute atomic E-state index is 5.92. The van der Waals surface area contributed by atoms with Gasteiger partial charge in [0, 0.05) is 13.0 Å². The van der Waals surface area contributed by atoms with Crippen LogP contribution in [0, 0.1) is 6.92 Å². The zero-order valence-corrected chi connectivity index (χ0v) is 8.80. The predicted molar refractivity (Wildman–Crippen MR) is 55.7 cm³/mol. The molecule has 1 rings (SSSR count). The summed E-state index contributed by atoms with van der Waals surface area (Å²) in [6.45, 7) is 7.28. The van der Waals surface area contributed by atoms with Crippen LogP contribution in [0.4, 0.5) is 5.82 Å². The Bertz CT molecular complexity index is 276. The molecule has 0 radical (unpaired) electrons. The Hall–Kier alpha value is -0.990. The van der Waals surface area contributed by atoms with Crippen molar-refractivity contribution in [3.05, 3.63) is 11.5 Å². The number of hydrogen-bond acceptors (Lipinski definition) is 2. The van der Waals surface area contributed by atoms with Gasteiger partial charge in [0.2, 0.25) is 0 Å². The van der Waals surface area contributed by atoms with Gasteiger partial charge in [0.05, 0.1) is 5.69 Å². The molecule has 2 N–H and O–H groups in total. The van der Waals surface area contributed by atoms with Gasteiger partial charge < -0.3 is 10.3 Å².